The highest BCUT2D eigenvalue weighted by Crippen LogP contribution is 2.40. The minimum Gasteiger partial charge on any atom is -0.503 e. The average Bonchev–Trinajstić information content (AvgIpc) is 2.83. The topological polar surface area (TPSA) is 103 Å². The van der Waals surface area contributed by atoms with Gasteiger partial charge in [-0.15, -0.1) is 0 Å². The summed E-state index contributed by atoms with van der Waals surface area (Å²) < 4.78 is 49.3. The minimum atomic E-state index is -3.98. The molecule has 0 bridgehead atoms. The Labute approximate surface area is 203 Å². The Hall–Kier alpha value is -3.56. The Morgan fingerprint density at radius 3 is 1.79 bits per heavy atom. The molecule has 0 radical (unpaired) electrons. The molecule has 0 spiro atoms. The van der Waals surface area contributed by atoms with Gasteiger partial charge < -0.3 is 24.1 Å². The highest BCUT2D eigenvalue weighted by Gasteiger charge is 2.19. The van der Waals surface area contributed by atoms with Crippen molar-refractivity contribution in [3.8, 4) is 28.7 Å². The van der Waals surface area contributed by atoms with E-state index in [2.05, 4.69) is 4.72 Å². The molecule has 3 aromatic carbocycles. The molecule has 34 heavy (non-hydrogen) atoms. The van der Waals surface area contributed by atoms with Crippen LogP contribution in [-0.4, -0.2) is 42.0 Å². The van der Waals surface area contributed by atoms with Crippen molar-refractivity contribution in [3.63, 3.8) is 0 Å². The van der Waals surface area contributed by atoms with Crippen LogP contribution in [0.2, 0.25) is 5.02 Å². The van der Waals surface area contributed by atoms with Crippen molar-refractivity contribution in [2.24, 2.45) is 0 Å². The predicted octanol–water partition coefficient (Wildman–Crippen LogP) is 5.05. The number of ether oxygens (including phenoxy) is 4. The van der Waals surface area contributed by atoms with Crippen LogP contribution < -0.4 is 23.7 Å². The van der Waals surface area contributed by atoms with Gasteiger partial charge >= 0.3 is 0 Å². The summed E-state index contributed by atoms with van der Waals surface area (Å²) >= 11 is 5.85. The molecular formula is C24H24ClNO7S. The maximum atomic E-state index is 12.8. The molecule has 0 saturated carbocycles. The lowest BCUT2D eigenvalue weighted by atomic mass is 10.1. The Bertz CT molecular complexity index is 1280. The van der Waals surface area contributed by atoms with Gasteiger partial charge in [-0.25, -0.2) is 8.42 Å². The van der Waals surface area contributed by atoms with E-state index in [0.717, 1.165) is 5.56 Å². The molecule has 0 heterocycles. The average molecular weight is 506 g/mol. The molecule has 0 atom stereocenters. The summed E-state index contributed by atoms with van der Waals surface area (Å²) in [5.74, 6) is 1.19. The second kappa shape index (κ2) is 10.6. The fourth-order valence-corrected chi connectivity index (χ4v) is 4.35. The highest BCUT2D eigenvalue weighted by molar-refractivity contribution is 7.92. The summed E-state index contributed by atoms with van der Waals surface area (Å²) in [5.41, 5.74) is 1.26. The zero-order chi connectivity index (χ0) is 24.9. The van der Waals surface area contributed by atoms with Crippen LogP contribution in [0.1, 0.15) is 11.1 Å². The van der Waals surface area contributed by atoms with E-state index in [9.17, 15) is 13.5 Å². The molecule has 0 unspecified atom stereocenters. The molecule has 0 aliphatic rings. The largest absolute Gasteiger partial charge is 0.503 e. The first-order valence-corrected chi connectivity index (χ1v) is 11.8. The van der Waals surface area contributed by atoms with Gasteiger partial charge in [0.15, 0.2) is 23.0 Å². The fourth-order valence-electron chi connectivity index (χ4n) is 3.17. The summed E-state index contributed by atoms with van der Waals surface area (Å²) in [5, 5.41) is 10.9. The first-order valence-electron chi connectivity index (χ1n) is 9.90. The molecule has 0 saturated heterocycles. The fraction of sp³-hybridized carbons (Fsp3) is 0.167. The van der Waals surface area contributed by atoms with Gasteiger partial charge in [0.2, 0.25) is 5.75 Å². The molecule has 180 valence electrons. The van der Waals surface area contributed by atoms with Gasteiger partial charge in [0, 0.05) is 5.02 Å². The molecule has 3 rings (SSSR count). The number of hydrogen-bond donors (Lipinski definition) is 2. The standard InChI is InChI=1S/C24H24ClNO7S/c1-30-20-12-15(5-6-16-13-21(31-2)24(33-4)22(14-16)32-3)11-19(23(20)27)26-34(28,29)18-9-7-17(25)8-10-18/h5-14,26-27H,1-4H3/b6-5-. The predicted molar refractivity (Wildman–Crippen MR) is 132 cm³/mol. The van der Waals surface area contributed by atoms with Crippen LogP contribution in [0.4, 0.5) is 5.69 Å². The van der Waals surface area contributed by atoms with Crippen LogP contribution in [0.3, 0.4) is 0 Å². The number of halogens is 1. The van der Waals surface area contributed by atoms with Gasteiger partial charge in [-0.3, -0.25) is 4.72 Å². The second-order valence-corrected chi connectivity index (χ2v) is 9.09. The van der Waals surface area contributed by atoms with Crippen LogP contribution >= 0.6 is 11.6 Å². The van der Waals surface area contributed by atoms with Gasteiger partial charge in [0.05, 0.1) is 39.0 Å². The van der Waals surface area contributed by atoms with Crippen molar-refractivity contribution < 1.29 is 32.5 Å². The number of hydrogen-bond acceptors (Lipinski definition) is 7. The highest BCUT2D eigenvalue weighted by atomic mass is 35.5. The summed E-state index contributed by atoms with van der Waals surface area (Å²) in [4.78, 5) is -0.00589. The van der Waals surface area contributed by atoms with Crippen molar-refractivity contribution in [3.05, 3.63) is 64.7 Å². The number of anilines is 1. The third kappa shape index (κ3) is 5.49. The zero-order valence-electron chi connectivity index (χ0n) is 19.0. The molecule has 8 nitrogen and oxygen atoms in total. The number of aromatic hydroxyl groups is 1. The number of rotatable bonds is 9. The van der Waals surface area contributed by atoms with Crippen LogP contribution in [0, 0.1) is 0 Å². The third-order valence-electron chi connectivity index (χ3n) is 4.84. The maximum Gasteiger partial charge on any atom is 0.262 e. The Kier molecular flexibility index (Phi) is 7.80. The third-order valence-corrected chi connectivity index (χ3v) is 6.47. The molecule has 3 aromatic rings. The van der Waals surface area contributed by atoms with E-state index in [1.807, 2.05) is 0 Å². The number of phenols is 1. The van der Waals surface area contributed by atoms with Crippen LogP contribution in [-0.2, 0) is 10.0 Å². The Balaban J connectivity index is 1.99. The number of benzene rings is 3. The van der Waals surface area contributed by atoms with E-state index in [1.54, 1.807) is 30.4 Å². The molecular weight excluding hydrogens is 482 g/mol. The normalized spacial score (nSPS) is 11.3. The van der Waals surface area contributed by atoms with E-state index in [-0.39, 0.29) is 22.1 Å². The van der Waals surface area contributed by atoms with Gasteiger partial charge in [-0.1, -0.05) is 23.8 Å². The van der Waals surface area contributed by atoms with Gasteiger partial charge in [0.1, 0.15) is 0 Å². The van der Waals surface area contributed by atoms with E-state index in [0.29, 0.717) is 27.8 Å². The lowest BCUT2D eigenvalue weighted by molar-refractivity contribution is 0.324. The van der Waals surface area contributed by atoms with Crippen molar-refractivity contribution in [2.75, 3.05) is 33.2 Å². The lowest BCUT2D eigenvalue weighted by Gasteiger charge is -2.14. The van der Waals surface area contributed by atoms with Crippen LogP contribution in [0.5, 0.6) is 28.7 Å². The van der Waals surface area contributed by atoms with Gasteiger partial charge in [-0.2, -0.15) is 0 Å². The van der Waals surface area contributed by atoms with E-state index >= 15 is 0 Å². The summed E-state index contributed by atoms with van der Waals surface area (Å²) in [6, 6.07) is 12.3. The first kappa shape index (κ1) is 25.1. The first-order chi connectivity index (χ1) is 16.2. The van der Waals surface area contributed by atoms with Gasteiger partial charge in [-0.05, 0) is 59.7 Å². The molecule has 2 N–H and O–H groups in total. The number of methoxy groups -OCH3 is 4. The Morgan fingerprint density at radius 1 is 0.794 bits per heavy atom. The van der Waals surface area contributed by atoms with Crippen molar-refractivity contribution in [1.82, 2.24) is 0 Å². The summed E-state index contributed by atoms with van der Waals surface area (Å²) in [6.45, 7) is 0. The minimum absolute atomic E-state index is 0.00589. The van der Waals surface area contributed by atoms with E-state index < -0.39 is 10.0 Å². The molecule has 0 aliphatic carbocycles. The number of phenolic OH excluding ortho intramolecular Hbond substituents is 1. The van der Waals surface area contributed by atoms with Crippen LogP contribution in [0.25, 0.3) is 12.2 Å². The number of sulfonamides is 1. The zero-order valence-corrected chi connectivity index (χ0v) is 20.5. The smallest absolute Gasteiger partial charge is 0.262 e. The molecule has 10 heteroatoms. The van der Waals surface area contributed by atoms with E-state index in [4.69, 9.17) is 30.5 Å². The summed E-state index contributed by atoms with van der Waals surface area (Å²) in [7, 11) is 1.96. The maximum absolute atomic E-state index is 12.8. The lowest BCUT2D eigenvalue weighted by Crippen LogP contribution is -2.13. The summed E-state index contributed by atoms with van der Waals surface area (Å²) in [6.07, 6.45) is 3.50. The van der Waals surface area contributed by atoms with Crippen molar-refractivity contribution in [1.29, 1.82) is 0 Å². The molecule has 0 amide bonds. The Morgan fingerprint density at radius 2 is 1.29 bits per heavy atom. The second-order valence-electron chi connectivity index (χ2n) is 6.97. The monoisotopic (exact) mass is 505 g/mol. The molecule has 0 fully saturated rings. The SMILES string of the molecule is COc1cc(/C=C\c2cc(OC)c(OC)c(OC)c2)cc(NS(=O)(=O)c2ccc(Cl)cc2)c1O. The van der Waals surface area contributed by atoms with Gasteiger partial charge in [0.25, 0.3) is 10.0 Å². The quantitative estimate of drug-likeness (QED) is 0.310. The van der Waals surface area contributed by atoms with Crippen LogP contribution in [0.15, 0.2) is 53.4 Å². The number of nitrogens with one attached hydrogen (secondary N) is 1. The molecule has 0 aromatic heterocycles. The molecule has 0 aliphatic heterocycles. The van der Waals surface area contributed by atoms with Crippen molar-refractivity contribution in [2.45, 2.75) is 4.90 Å². The van der Waals surface area contributed by atoms with E-state index in [1.165, 1.54) is 58.8 Å². The van der Waals surface area contributed by atoms with Crippen molar-refractivity contribution >= 4 is 39.5 Å².